The van der Waals surface area contributed by atoms with Crippen molar-refractivity contribution in [2.45, 2.75) is 20.0 Å². The van der Waals surface area contributed by atoms with E-state index < -0.39 is 6.61 Å². The summed E-state index contributed by atoms with van der Waals surface area (Å²) in [6.45, 7) is -0.426. The molecule has 0 unspecified atom stereocenters. The summed E-state index contributed by atoms with van der Waals surface area (Å²) in [6, 6.07) is 9.36. The van der Waals surface area contributed by atoms with Gasteiger partial charge in [-0.15, -0.1) is 0 Å². The Morgan fingerprint density at radius 3 is 2.36 bits per heavy atom. The number of ether oxygens (including phenoxy) is 4. The Bertz CT molecular complexity index is 834. The lowest BCUT2D eigenvalue weighted by Crippen LogP contribution is -2.04. The minimum absolute atomic E-state index is 0.0549. The van der Waals surface area contributed by atoms with Crippen LogP contribution < -0.4 is 18.9 Å². The first-order chi connectivity index (χ1) is 13.5. The predicted octanol–water partition coefficient (Wildman–Crippen LogP) is 4.99. The smallest absolute Gasteiger partial charge is 0.387 e. The first-order valence-electron chi connectivity index (χ1n) is 8.64. The molecule has 0 saturated carbocycles. The molecule has 0 bridgehead atoms. The average Bonchev–Trinajstić information content (AvgIpc) is 2.70. The Hall–Kier alpha value is -3.09. The Labute approximate surface area is 162 Å². The Balaban J connectivity index is 2.19. The number of halogens is 2. The van der Waals surface area contributed by atoms with Gasteiger partial charge in [0.15, 0.2) is 28.8 Å². The van der Waals surface area contributed by atoms with E-state index in [1.54, 1.807) is 31.4 Å². The molecule has 2 aromatic rings. The number of methoxy groups -OCH3 is 2. The van der Waals surface area contributed by atoms with Gasteiger partial charge in [-0.2, -0.15) is 8.78 Å². The van der Waals surface area contributed by atoms with E-state index in [1.165, 1.54) is 31.4 Å². The molecule has 5 nitrogen and oxygen atoms in total. The third-order valence-electron chi connectivity index (χ3n) is 3.74. The molecule has 0 aliphatic heterocycles. The predicted molar refractivity (Wildman–Crippen MR) is 102 cm³/mol. The van der Waals surface area contributed by atoms with Crippen molar-refractivity contribution in [2.75, 3.05) is 20.8 Å². The van der Waals surface area contributed by atoms with Gasteiger partial charge in [-0.3, -0.25) is 4.79 Å². The summed E-state index contributed by atoms with van der Waals surface area (Å²) in [5.74, 6) is 0.810. The number of carbonyl (C=O) groups excluding carboxylic acids is 1. The molecule has 0 heterocycles. The number of carbonyl (C=O) groups is 1. The normalized spacial score (nSPS) is 10.9. The molecular formula is C21H22F2O5. The second kappa shape index (κ2) is 10.3. The molecular weight excluding hydrogens is 370 g/mol. The van der Waals surface area contributed by atoms with E-state index >= 15 is 0 Å². The monoisotopic (exact) mass is 392 g/mol. The maximum Gasteiger partial charge on any atom is 0.387 e. The van der Waals surface area contributed by atoms with Crippen molar-refractivity contribution in [3.63, 3.8) is 0 Å². The lowest BCUT2D eigenvalue weighted by molar-refractivity contribution is -0.0512. The van der Waals surface area contributed by atoms with Gasteiger partial charge in [0.2, 0.25) is 0 Å². The van der Waals surface area contributed by atoms with E-state index in [0.717, 1.165) is 12.0 Å². The van der Waals surface area contributed by atoms with E-state index in [1.807, 2.05) is 6.92 Å². The van der Waals surface area contributed by atoms with Crippen LogP contribution in [0.15, 0.2) is 42.5 Å². The van der Waals surface area contributed by atoms with Crippen LogP contribution in [0.2, 0.25) is 0 Å². The van der Waals surface area contributed by atoms with Crippen LogP contribution in [0.4, 0.5) is 8.78 Å². The molecule has 28 heavy (non-hydrogen) atoms. The largest absolute Gasteiger partial charge is 0.493 e. The highest BCUT2D eigenvalue weighted by Crippen LogP contribution is 2.30. The minimum atomic E-state index is -2.98. The number of alkyl halides is 2. The maximum absolute atomic E-state index is 12.4. The summed E-state index contributed by atoms with van der Waals surface area (Å²) < 4.78 is 45.1. The van der Waals surface area contributed by atoms with Crippen molar-refractivity contribution >= 4 is 11.9 Å². The van der Waals surface area contributed by atoms with Crippen LogP contribution in [0.25, 0.3) is 6.08 Å². The third-order valence-corrected chi connectivity index (χ3v) is 3.74. The molecule has 0 spiro atoms. The summed E-state index contributed by atoms with van der Waals surface area (Å²) >= 11 is 0. The lowest BCUT2D eigenvalue weighted by atomic mass is 10.1. The number of rotatable bonds is 10. The summed E-state index contributed by atoms with van der Waals surface area (Å²) in [5.41, 5.74) is 1.04. The molecule has 0 aliphatic carbocycles. The van der Waals surface area contributed by atoms with Gasteiger partial charge >= 0.3 is 6.61 Å². The average molecular weight is 392 g/mol. The van der Waals surface area contributed by atoms with E-state index in [-0.39, 0.29) is 22.8 Å². The summed E-state index contributed by atoms with van der Waals surface area (Å²) in [7, 11) is 2.87. The Morgan fingerprint density at radius 1 is 1.00 bits per heavy atom. The van der Waals surface area contributed by atoms with Gasteiger partial charge in [0.05, 0.1) is 20.8 Å². The fraction of sp³-hybridized carbons (Fsp3) is 0.286. The number of benzene rings is 2. The van der Waals surface area contributed by atoms with Crippen LogP contribution in [0.1, 0.15) is 29.3 Å². The molecule has 0 fully saturated rings. The zero-order valence-electron chi connectivity index (χ0n) is 15.9. The number of ketones is 1. The lowest BCUT2D eigenvalue weighted by Gasteiger charge is -2.11. The summed E-state index contributed by atoms with van der Waals surface area (Å²) in [6.07, 6.45) is 3.87. The van der Waals surface area contributed by atoms with Crippen LogP contribution >= 0.6 is 0 Å². The second-order valence-electron chi connectivity index (χ2n) is 5.70. The van der Waals surface area contributed by atoms with Gasteiger partial charge in [0, 0.05) is 5.56 Å². The molecule has 0 aliphatic rings. The Kier molecular flexibility index (Phi) is 7.80. The molecule has 0 atom stereocenters. The molecule has 150 valence electrons. The van der Waals surface area contributed by atoms with Gasteiger partial charge < -0.3 is 18.9 Å². The highest BCUT2D eigenvalue weighted by molar-refractivity contribution is 6.07. The van der Waals surface area contributed by atoms with E-state index in [4.69, 9.17) is 14.2 Å². The third kappa shape index (κ3) is 5.70. The molecule has 0 aromatic heterocycles. The topological polar surface area (TPSA) is 54.0 Å². The van der Waals surface area contributed by atoms with Gasteiger partial charge in [-0.25, -0.2) is 0 Å². The highest BCUT2D eigenvalue weighted by Gasteiger charge is 2.13. The first-order valence-corrected chi connectivity index (χ1v) is 8.64. The number of hydrogen-bond acceptors (Lipinski definition) is 5. The zero-order valence-corrected chi connectivity index (χ0v) is 15.9. The van der Waals surface area contributed by atoms with Crippen molar-refractivity contribution < 1.29 is 32.5 Å². The van der Waals surface area contributed by atoms with E-state index in [9.17, 15) is 13.6 Å². The first kappa shape index (κ1) is 21.2. The fourth-order valence-electron chi connectivity index (χ4n) is 2.40. The fourth-order valence-corrected chi connectivity index (χ4v) is 2.40. The van der Waals surface area contributed by atoms with Crippen molar-refractivity contribution in [3.8, 4) is 23.0 Å². The SMILES string of the molecule is CCCOc1cc(/C=C/C(=O)c2ccc(OC(F)F)c(OC)c2)ccc1OC. The molecule has 2 aromatic carbocycles. The maximum atomic E-state index is 12.4. The van der Waals surface area contributed by atoms with Crippen molar-refractivity contribution in [3.05, 3.63) is 53.6 Å². The summed E-state index contributed by atoms with van der Waals surface area (Å²) in [5, 5.41) is 0. The summed E-state index contributed by atoms with van der Waals surface area (Å²) in [4.78, 5) is 12.4. The molecule has 2 rings (SSSR count). The number of hydrogen-bond donors (Lipinski definition) is 0. The number of allylic oxidation sites excluding steroid dienone is 1. The van der Waals surface area contributed by atoms with Crippen molar-refractivity contribution in [1.29, 1.82) is 0 Å². The zero-order chi connectivity index (χ0) is 20.5. The van der Waals surface area contributed by atoms with E-state index in [2.05, 4.69) is 4.74 Å². The minimum Gasteiger partial charge on any atom is -0.493 e. The molecule has 0 amide bonds. The molecule has 7 heteroatoms. The van der Waals surface area contributed by atoms with Gasteiger partial charge in [-0.1, -0.05) is 19.1 Å². The van der Waals surface area contributed by atoms with Crippen LogP contribution in [-0.2, 0) is 0 Å². The van der Waals surface area contributed by atoms with Crippen molar-refractivity contribution in [2.24, 2.45) is 0 Å². The van der Waals surface area contributed by atoms with Gasteiger partial charge in [-0.05, 0) is 48.4 Å². The van der Waals surface area contributed by atoms with Gasteiger partial charge in [0.25, 0.3) is 0 Å². The second-order valence-corrected chi connectivity index (χ2v) is 5.70. The highest BCUT2D eigenvalue weighted by atomic mass is 19.3. The van der Waals surface area contributed by atoms with Crippen molar-refractivity contribution in [1.82, 2.24) is 0 Å². The van der Waals surface area contributed by atoms with Crippen LogP contribution in [0.3, 0.4) is 0 Å². The molecule has 0 saturated heterocycles. The quantitative estimate of drug-likeness (QED) is 0.421. The standard InChI is InChI=1S/C21H22F2O5/c1-4-11-27-20-12-14(6-9-17(20)25-2)5-8-16(24)15-7-10-18(28-21(22)23)19(13-15)26-3/h5-10,12-13,21H,4,11H2,1-3H3/b8-5+. The van der Waals surface area contributed by atoms with Crippen LogP contribution in [0.5, 0.6) is 23.0 Å². The van der Waals surface area contributed by atoms with Gasteiger partial charge in [0.1, 0.15) is 0 Å². The molecule has 0 N–H and O–H groups in total. The van der Waals surface area contributed by atoms with Crippen LogP contribution in [0, 0.1) is 0 Å². The van der Waals surface area contributed by atoms with Crippen LogP contribution in [-0.4, -0.2) is 33.2 Å². The Morgan fingerprint density at radius 2 is 1.71 bits per heavy atom. The molecule has 0 radical (unpaired) electrons. The van der Waals surface area contributed by atoms with E-state index in [0.29, 0.717) is 18.1 Å².